The monoisotopic (exact) mass is 644 g/mol. The molecule has 3 atom stereocenters. The van der Waals surface area contributed by atoms with Gasteiger partial charge in [0.2, 0.25) is 5.91 Å². The molecule has 0 radical (unpaired) electrons. The summed E-state index contributed by atoms with van der Waals surface area (Å²) in [5.41, 5.74) is 6.17. The van der Waals surface area contributed by atoms with Crippen molar-refractivity contribution < 1.29 is 34.0 Å². The summed E-state index contributed by atoms with van der Waals surface area (Å²) in [7, 11) is 0. The number of aliphatic hydroxyl groups excluding tert-OH is 1. The molecular formula is C38H48N2O7. The van der Waals surface area contributed by atoms with Crippen molar-refractivity contribution in [3.63, 3.8) is 0 Å². The van der Waals surface area contributed by atoms with Gasteiger partial charge in [0.25, 0.3) is 0 Å². The summed E-state index contributed by atoms with van der Waals surface area (Å²) in [4.78, 5) is 27.5. The van der Waals surface area contributed by atoms with E-state index in [0.29, 0.717) is 19.4 Å². The van der Waals surface area contributed by atoms with E-state index < -0.39 is 18.4 Å². The summed E-state index contributed by atoms with van der Waals surface area (Å²) in [6.07, 6.45) is 0.952. The maximum Gasteiger partial charge on any atom is 0.410 e. The lowest BCUT2D eigenvalue weighted by atomic mass is 9.98. The highest BCUT2D eigenvalue weighted by Gasteiger charge is 2.30. The van der Waals surface area contributed by atoms with Crippen LogP contribution in [0.5, 0.6) is 11.5 Å². The molecule has 3 unspecified atom stereocenters. The highest BCUT2D eigenvalue weighted by atomic mass is 16.6. The molecule has 3 N–H and O–H groups in total. The molecular weight excluding hydrogens is 596 g/mol. The van der Waals surface area contributed by atoms with Crippen LogP contribution >= 0.6 is 0 Å². The van der Waals surface area contributed by atoms with Crippen LogP contribution in [0.15, 0.2) is 78.9 Å². The Morgan fingerprint density at radius 3 is 2.28 bits per heavy atom. The predicted octanol–water partition coefficient (Wildman–Crippen LogP) is 6.42. The van der Waals surface area contributed by atoms with E-state index >= 15 is 0 Å². The van der Waals surface area contributed by atoms with Crippen molar-refractivity contribution in [2.75, 3.05) is 33.0 Å². The third-order valence-corrected chi connectivity index (χ3v) is 8.50. The molecule has 0 fully saturated rings. The Morgan fingerprint density at radius 1 is 1.00 bits per heavy atom. The minimum atomic E-state index is -0.545. The number of fused-ring (bicyclic) bond motifs is 3. The molecule has 2 amide bonds. The van der Waals surface area contributed by atoms with Gasteiger partial charge < -0.3 is 29.7 Å². The molecule has 4 rings (SSSR count). The van der Waals surface area contributed by atoms with Crippen molar-refractivity contribution in [3.05, 3.63) is 95.6 Å². The second kappa shape index (κ2) is 17.0. The van der Waals surface area contributed by atoms with Crippen LogP contribution in [0.1, 0.15) is 63.1 Å². The first-order valence-corrected chi connectivity index (χ1v) is 16.4. The molecule has 9 heteroatoms. The summed E-state index contributed by atoms with van der Waals surface area (Å²) < 4.78 is 17.4. The number of carbonyl (C=O) groups excluding carboxylic acids is 2. The minimum Gasteiger partial charge on any atom is -0.504 e. The zero-order valence-electron chi connectivity index (χ0n) is 27.9. The number of aryl methyl sites for hydroxylation is 1. The number of nitrogens with one attached hydrogen (secondary N) is 1. The molecule has 1 aliphatic carbocycles. The van der Waals surface area contributed by atoms with Gasteiger partial charge in [0.1, 0.15) is 13.2 Å². The number of aromatic hydroxyl groups is 1. The maximum absolute atomic E-state index is 13.3. The molecule has 3 aromatic carbocycles. The largest absolute Gasteiger partial charge is 0.504 e. The molecule has 0 heterocycles. The van der Waals surface area contributed by atoms with Crippen molar-refractivity contribution >= 4 is 12.0 Å². The second-order valence-corrected chi connectivity index (χ2v) is 12.2. The quantitative estimate of drug-likeness (QED) is 0.115. The van der Waals surface area contributed by atoms with Gasteiger partial charge in [-0.15, -0.1) is 0 Å². The summed E-state index contributed by atoms with van der Waals surface area (Å²) in [6, 6.07) is 20.9. The lowest BCUT2D eigenvalue weighted by Gasteiger charge is -2.28. The number of phenolic OH excluding ortho intramolecular Hbond substituents is 1. The van der Waals surface area contributed by atoms with Gasteiger partial charge >= 0.3 is 6.09 Å². The van der Waals surface area contributed by atoms with Crippen molar-refractivity contribution in [2.24, 2.45) is 5.92 Å². The van der Waals surface area contributed by atoms with Gasteiger partial charge in [-0.2, -0.15) is 0 Å². The molecule has 0 aromatic heterocycles. The molecule has 0 saturated heterocycles. The lowest BCUT2D eigenvalue weighted by molar-refractivity contribution is -0.128. The van der Waals surface area contributed by atoms with Gasteiger partial charge in [0.15, 0.2) is 17.7 Å². The number of phenols is 1. The average molecular weight is 645 g/mol. The fourth-order valence-electron chi connectivity index (χ4n) is 5.68. The normalized spacial score (nSPS) is 14.0. The van der Waals surface area contributed by atoms with Crippen molar-refractivity contribution in [1.82, 2.24) is 10.2 Å². The fraction of sp³-hybridized carbons (Fsp3) is 0.421. The Bertz CT molecular complexity index is 1480. The third-order valence-electron chi connectivity index (χ3n) is 8.50. The average Bonchev–Trinajstić information content (AvgIpc) is 3.40. The highest BCUT2D eigenvalue weighted by molar-refractivity contribution is 5.79. The first kappa shape index (κ1) is 35.5. The van der Waals surface area contributed by atoms with E-state index in [-0.39, 0.29) is 55.6 Å². The Labute approximate surface area is 278 Å². The van der Waals surface area contributed by atoms with Crippen LogP contribution < -0.4 is 10.1 Å². The van der Waals surface area contributed by atoms with Gasteiger partial charge in [-0.1, -0.05) is 75.0 Å². The van der Waals surface area contributed by atoms with E-state index in [0.717, 1.165) is 39.8 Å². The maximum atomic E-state index is 13.3. The number of nitrogens with zero attached hydrogens (tertiary/aromatic N) is 1. The minimum absolute atomic E-state index is 0.0280. The molecule has 0 aliphatic heterocycles. The van der Waals surface area contributed by atoms with Crippen molar-refractivity contribution in [2.45, 2.75) is 65.1 Å². The first-order valence-electron chi connectivity index (χ1n) is 16.4. The van der Waals surface area contributed by atoms with Crippen molar-refractivity contribution in [3.8, 4) is 22.6 Å². The van der Waals surface area contributed by atoms with Crippen molar-refractivity contribution in [1.29, 1.82) is 0 Å². The Kier molecular flexibility index (Phi) is 12.8. The number of hydrogen-bond acceptors (Lipinski definition) is 7. The third kappa shape index (κ3) is 9.14. The number of amides is 2. The molecule has 0 spiro atoms. The molecule has 1 aliphatic rings. The van der Waals surface area contributed by atoms with Crippen LogP contribution in [-0.4, -0.2) is 72.4 Å². The summed E-state index contributed by atoms with van der Waals surface area (Å²) in [6.45, 7) is 12.0. The molecule has 0 bridgehead atoms. The van der Waals surface area contributed by atoms with Gasteiger partial charge in [0, 0.05) is 18.4 Å². The number of carbonyl (C=O) groups is 2. The topological polar surface area (TPSA) is 118 Å². The van der Waals surface area contributed by atoms with Crippen LogP contribution in [0.4, 0.5) is 4.79 Å². The van der Waals surface area contributed by atoms with E-state index in [1.807, 2.05) is 45.0 Å². The molecule has 0 saturated carbocycles. The van der Waals surface area contributed by atoms with Crippen LogP contribution in [0.2, 0.25) is 0 Å². The number of ether oxygens (including phenoxy) is 3. The van der Waals surface area contributed by atoms with Gasteiger partial charge in [-0.25, -0.2) is 4.79 Å². The Morgan fingerprint density at radius 2 is 1.66 bits per heavy atom. The van der Waals surface area contributed by atoms with Gasteiger partial charge in [-0.05, 0) is 78.6 Å². The number of rotatable bonds is 17. The molecule has 9 nitrogen and oxygen atoms in total. The lowest BCUT2D eigenvalue weighted by Crippen LogP contribution is -2.43. The fourth-order valence-corrected chi connectivity index (χ4v) is 5.68. The second-order valence-electron chi connectivity index (χ2n) is 12.2. The van der Waals surface area contributed by atoms with Crippen LogP contribution in [0, 0.1) is 5.92 Å². The van der Waals surface area contributed by atoms with E-state index in [1.165, 1.54) is 4.90 Å². The molecule has 47 heavy (non-hydrogen) atoms. The summed E-state index contributed by atoms with van der Waals surface area (Å²) in [5, 5.41) is 23.3. The zero-order valence-corrected chi connectivity index (χ0v) is 27.9. The Hall–Kier alpha value is -4.34. The highest BCUT2D eigenvalue weighted by Crippen LogP contribution is 2.44. The standard InChI is InChI=1S/C38H48N2O7/c1-6-20-46-37(25(2)3)39-36(43)26(4)15-16-28-17-18-34(42)35(22-28)45-21-19-40(27(5)23-41)38(44)47-24-33-31-13-9-7-11-29(31)30-12-8-10-14-32(30)33/h7-14,17-18,22,26-27,33,37,41-42H,2,6,15-16,19-21,23-24H2,1,3-5H3,(H,39,43). The van der Waals surface area contributed by atoms with Crippen LogP contribution in [-0.2, 0) is 20.7 Å². The summed E-state index contributed by atoms with van der Waals surface area (Å²) >= 11 is 0. The van der Waals surface area contributed by atoms with E-state index in [1.54, 1.807) is 25.1 Å². The van der Waals surface area contributed by atoms with Gasteiger partial charge in [-0.3, -0.25) is 9.69 Å². The molecule has 252 valence electrons. The number of hydrogen-bond donors (Lipinski definition) is 3. The van der Waals surface area contributed by atoms with Gasteiger partial charge in [0.05, 0.1) is 19.2 Å². The van der Waals surface area contributed by atoms with E-state index in [2.05, 4.69) is 36.2 Å². The smallest absolute Gasteiger partial charge is 0.410 e. The number of benzene rings is 3. The van der Waals surface area contributed by atoms with Crippen LogP contribution in [0.25, 0.3) is 11.1 Å². The predicted molar refractivity (Wildman–Crippen MR) is 182 cm³/mol. The summed E-state index contributed by atoms with van der Waals surface area (Å²) in [5.74, 6) is -0.218. The van der Waals surface area contributed by atoms with Crippen LogP contribution in [0.3, 0.4) is 0 Å². The molecule has 3 aromatic rings. The SMILES string of the molecule is C=C(C)C(NC(=O)C(C)CCc1ccc(O)c(OCCN(C(=O)OCC2c3ccccc3-c3ccccc32)C(C)CO)c1)OCCC. The number of aliphatic hydroxyl groups is 1. The van der Waals surface area contributed by atoms with E-state index in [4.69, 9.17) is 14.2 Å². The van der Waals surface area contributed by atoms with E-state index in [9.17, 15) is 19.8 Å². The first-order chi connectivity index (χ1) is 22.6. The Balaban J connectivity index is 1.31. The zero-order chi connectivity index (χ0) is 33.9.